The molecule has 12 heavy (non-hydrogen) atoms. The van der Waals surface area contributed by atoms with Gasteiger partial charge in [0, 0.05) is 6.54 Å². The molecule has 0 aliphatic heterocycles. The predicted octanol–water partition coefficient (Wildman–Crippen LogP) is 0.496. The fourth-order valence-corrected chi connectivity index (χ4v) is 1.23. The Balaban J connectivity index is 2.10. The molecule has 1 saturated carbocycles. The zero-order valence-corrected chi connectivity index (χ0v) is 7.84. The molecule has 0 aromatic heterocycles. The Morgan fingerprint density at radius 2 is 2.33 bits per heavy atom. The minimum absolute atomic E-state index is 0.00315. The number of carbonyl (C=O) groups excluding carboxylic acids is 1. The van der Waals surface area contributed by atoms with Crippen LogP contribution in [0.2, 0.25) is 0 Å². The second kappa shape index (κ2) is 3.90. The molecule has 70 valence electrons. The highest BCUT2D eigenvalue weighted by atomic mass is 16.2. The summed E-state index contributed by atoms with van der Waals surface area (Å²) in [5, 5.41) is 2.86. The van der Waals surface area contributed by atoms with E-state index in [9.17, 15) is 4.79 Å². The highest BCUT2D eigenvalue weighted by Crippen LogP contribution is 2.36. The van der Waals surface area contributed by atoms with Crippen LogP contribution >= 0.6 is 0 Å². The summed E-state index contributed by atoms with van der Waals surface area (Å²) in [7, 11) is 0. The molecule has 0 aromatic rings. The number of nitrogens with one attached hydrogen (secondary N) is 1. The van der Waals surface area contributed by atoms with Gasteiger partial charge in [0.25, 0.3) is 0 Å². The van der Waals surface area contributed by atoms with Crippen molar-refractivity contribution >= 4 is 5.91 Å². The van der Waals surface area contributed by atoms with Crippen molar-refractivity contribution in [2.24, 2.45) is 17.6 Å². The minimum Gasteiger partial charge on any atom is -0.354 e. The normalized spacial score (nSPS) is 29.6. The number of carbonyl (C=O) groups is 1. The monoisotopic (exact) mass is 170 g/mol. The average molecular weight is 170 g/mol. The summed E-state index contributed by atoms with van der Waals surface area (Å²) >= 11 is 0. The van der Waals surface area contributed by atoms with E-state index in [1.54, 1.807) is 0 Å². The maximum absolute atomic E-state index is 11.2. The van der Waals surface area contributed by atoms with E-state index in [1.165, 1.54) is 6.42 Å². The maximum Gasteiger partial charge on any atom is 0.236 e. The van der Waals surface area contributed by atoms with Crippen LogP contribution in [0.1, 0.15) is 26.7 Å². The molecule has 0 aromatic carbocycles. The van der Waals surface area contributed by atoms with E-state index in [1.807, 2.05) is 6.92 Å². The largest absolute Gasteiger partial charge is 0.354 e. The first-order chi connectivity index (χ1) is 5.65. The van der Waals surface area contributed by atoms with Gasteiger partial charge in [0.2, 0.25) is 5.91 Å². The van der Waals surface area contributed by atoms with Crippen molar-refractivity contribution < 1.29 is 4.79 Å². The van der Waals surface area contributed by atoms with Crippen LogP contribution in [0.4, 0.5) is 0 Å². The molecule has 1 rings (SSSR count). The lowest BCUT2D eigenvalue weighted by Crippen LogP contribution is -2.40. The Kier molecular flexibility index (Phi) is 3.09. The molecule has 3 unspecified atom stereocenters. The zero-order valence-electron chi connectivity index (χ0n) is 7.84. The lowest BCUT2D eigenvalue weighted by atomic mass is 10.2. The van der Waals surface area contributed by atoms with Gasteiger partial charge in [-0.25, -0.2) is 0 Å². The smallest absolute Gasteiger partial charge is 0.236 e. The molecule has 0 radical (unpaired) electrons. The van der Waals surface area contributed by atoms with Gasteiger partial charge in [-0.2, -0.15) is 0 Å². The second-order valence-corrected chi connectivity index (χ2v) is 3.73. The summed E-state index contributed by atoms with van der Waals surface area (Å²) in [6, 6.07) is -0.320. The molecule has 0 bridgehead atoms. The number of nitrogens with two attached hydrogens (primary N) is 1. The van der Waals surface area contributed by atoms with Crippen LogP contribution < -0.4 is 11.1 Å². The molecule has 1 aliphatic carbocycles. The minimum atomic E-state index is -0.320. The van der Waals surface area contributed by atoms with Gasteiger partial charge in [-0.3, -0.25) is 4.79 Å². The van der Waals surface area contributed by atoms with Crippen molar-refractivity contribution in [3.05, 3.63) is 0 Å². The third-order valence-corrected chi connectivity index (χ3v) is 2.59. The molecule has 1 amide bonds. The highest BCUT2D eigenvalue weighted by molar-refractivity contribution is 5.81. The molecule has 0 saturated heterocycles. The summed E-state index contributed by atoms with van der Waals surface area (Å²) in [6.07, 6.45) is 1.97. The molecule has 3 nitrogen and oxygen atoms in total. The van der Waals surface area contributed by atoms with Crippen LogP contribution in [0.25, 0.3) is 0 Å². The van der Waals surface area contributed by atoms with Gasteiger partial charge >= 0.3 is 0 Å². The van der Waals surface area contributed by atoms with Crippen molar-refractivity contribution in [1.29, 1.82) is 0 Å². The molecule has 1 aliphatic rings. The summed E-state index contributed by atoms with van der Waals surface area (Å²) in [6.45, 7) is 4.94. The van der Waals surface area contributed by atoms with E-state index in [0.29, 0.717) is 12.3 Å². The van der Waals surface area contributed by atoms with E-state index >= 15 is 0 Å². The van der Waals surface area contributed by atoms with Crippen molar-refractivity contribution in [2.45, 2.75) is 32.7 Å². The first-order valence-corrected chi connectivity index (χ1v) is 4.68. The van der Waals surface area contributed by atoms with Gasteiger partial charge in [0.05, 0.1) is 6.04 Å². The van der Waals surface area contributed by atoms with Crippen molar-refractivity contribution in [1.82, 2.24) is 5.32 Å². The van der Waals surface area contributed by atoms with Crippen LogP contribution in [0, 0.1) is 11.8 Å². The van der Waals surface area contributed by atoms with E-state index in [4.69, 9.17) is 5.73 Å². The molecule has 0 heterocycles. The van der Waals surface area contributed by atoms with Gasteiger partial charge in [-0.1, -0.05) is 13.8 Å². The van der Waals surface area contributed by atoms with E-state index in [2.05, 4.69) is 12.2 Å². The molecule has 3 atom stereocenters. The Hall–Kier alpha value is -0.570. The van der Waals surface area contributed by atoms with Crippen molar-refractivity contribution in [3.8, 4) is 0 Å². The third-order valence-electron chi connectivity index (χ3n) is 2.59. The van der Waals surface area contributed by atoms with Crippen LogP contribution in [-0.2, 0) is 4.79 Å². The summed E-state index contributed by atoms with van der Waals surface area (Å²) in [5.41, 5.74) is 5.55. The number of rotatable bonds is 4. The number of hydrogen-bond acceptors (Lipinski definition) is 2. The Morgan fingerprint density at radius 3 is 2.75 bits per heavy atom. The molecular formula is C9H18N2O. The van der Waals surface area contributed by atoms with E-state index in [0.717, 1.165) is 12.5 Å². The average Bonchev–Trinajstić information content (AvgIpc) is 2.76. The molecule has 3 heteroatoms. The van der Waals surface area contributed by atoms with Crippen molar-refractivity contribution in [2.75, 3.05) is 6.54 Å². The second-order valence-electron chi connectivity index (χ2n) is 3.73. The Morgan fingerprint density at radius 1 is 1.75 bits per heavy atom. The number of hydrogen-bond donors (Lipinski definition) is 2. The standard InChI is InChI=1S/C9H18N2O/c1-3-8(10)9(12)11-5-7-4-6(7)2/h6-8H,3-5,10H2,1-2H3,(H,11,12). The summed E-state index contributed by atoms with van der Waals surface area (Å²) in [5.74, 6) is 1.50. The van der Waals surface area contributed by atoms with Gasteiger partial charge in [0.15, 0.2) is 0 Å². The topological polar surface area (TPSA) is 55.1 Å². The molecular weight excluding hydrogens is 152 g/mol. The lowest BCUT2D eigenvalue weighted by Gasteiger charge is -2.08. The lowest BCUT2D eigenvalue weighted by molar-refractivity contribution is -0.122. The van der Waals surface area contributed by atoms with Gasteiger partial charge < -0.3 is 11.1 Å². The fraction of sp³-hybridized carbons (Fsp3) is 0.889. The predicted molar refractivity (Wildman–Crippen MR) is 48.5 cm³/mol. The van der Waals surface area contributed by atoms with E-state index < -0.39 is 0 Å². The molecule has 3 N–H and O–H groups in total. The zero-order chi connectivity index (χ0) is 9.14. The highest BCUT2D eigenvalue weighted by Gasteiger charge is 2.32. The van der Waals surface area contributed by atoms with Crippen LogP contribution in [0.5, 0.6) is 0 Å². The van der Waals surface area contributed by atoms with Crippen molar-refractivity contribution in [3.63, 3.8) is 0 Å². The summed E-state index contributed by atoms with van der Waals surface area (Å²) in [4.78, 5) is 11.2. The number of amides is 1. The van der Waals surface area contributed by atoms with Crippen LogP contribution in [-0.4, -0.2) is 18.5 Å². The molecule has 0 spiro atoms. The van der Waals surface area contributed by atoms with Gasteiger partial charge in [-0.05, 0) is 24.7 Å². The quantitative estimate of drug-likeness (QED) is 0.645. The first-order valence-electron chi connectivity index (χ1n) is 4.68. The third kappa shape index (κ3) is 2.48. The van der Waals surface area contributed by atoms with Crippen LogP contribution in [0.15, 0.2) is 0 Å². The van der Waals surface area contributed by atoms with Crippen LogP contribution in [0.3, 0.4) is 0 Å². The van der Waals surface area contributed by atoms with E-state index in [-0.39, 0.29) is 11.9 Å². The SMILES string of the molecule is CCC(N)C(=O)NCC1CC1C. The summed E-state index contributed by atoms with van der Waals surface area (Å²) < 4.78 is 0. The van der Waals surface area contributed by atoms with Gasteiger partial charge in [0.1, 0.15) is 0 Å². The first kappa shape index (κ1) is 9.52. The van der Waals surface area contributed by atoms with Gasteiger partial charge in [-0.15, -0.1) is 0 Å². The molecule has 1 fully saturated rings. The Bertz CT molecular complexity index is 170. The fourth-order valence-electron chi connectivity index (χ4n) is 1.23. The Labute approximate surface area is 73.7 Å². The maximum atomic E-state index is 11.2.